The third-order valence-electron chi connectivity index (χ3n) is 5.36. The molecule has 0 radical (unpaired) electrons. The zero-order valence-electron chi connectivity index (χ0n) is 16.4. The molecule has 7 heteroatoms. The summed E-state index contributed by atoms with van der Waals surface area (Å²) in [6.07, 6.45) is 3.54. The average Bonchev–Trinajstić information content (AvgIpc) is 3.05. The third-order valence-corrected chi connectivity index (χ3v) is 7.38. The van der Waals surface area contributed by atoms with Crippen LogP contribution >= 0.6 is 23.1 Å². The van der Waals surface area contributed by atoms with E-state index in [9.17, 15) is 4.79 Å². The van der Waals surface area contributed by atoms with E-state index in [1.807, 2.05) is 19.1 Å². The van der Waals surface area contributed by atoms with E-state index in [1.165, 1.54) is 41.5 Å². The molecular weight excluding hydrogens is 376 g/mol. The first-order valence-electron chi connectivity index (χ1n) is 9.56. The lowest BCUT2D eigenvalue weighted by Crippen LogP contribution is -2.46. The Morgan fingerprint density at radius 1 is 1.30 bits per heavy atom. The Kier molecular flexibility index (Phi) is 6.76. The van der Waals surface area contributed by atoms with Crippen molar-refractivity contribution in [1.82, 2.24) is 15.5 Å². The minimum atomic E-state index is -0.186. The molecule has 1 aliphatic rings. The molecule has 3 rings (SSSR count). The maximum Gasteiger partial charge on any atom is 0.233 e. The van der Waals surface area contributed by atoms with Gasteiger partial charge in [-0.2, -0.15) is 0 Å². The van der Waals surface area contributed by atoms with Crippen molar-refractivity contribution in [2.75, 3.05) is 5.32 Å². The van der Waals surface area contributed by atoms with E-state index in [0.29, 0.717) is 11.8 Å². The van der Waals surface area contributed by atoms with Gasteiger partial charge in [0.05, 0.1) is 5.25 Å². The molecule has 2 N–H and O–H groups in total. The lowest BCUT2D eigenvalue weighted by molar-refractivity contribution is -0.121. The molecule has 4 atom stereocenters. The molecule has 27 heavy (non-hydrogen) atoms. The highest BCUT2D eigenvalue weighted by atomic mass is 32.2. The van der Waals surface area contributed by atoms with E-state index in [4.69, 9.17) is 0 Å². The summed E-state index contributed by atoms with van der Waals surface area (Å²) in [4.78, 5) is 12.6. The molecule has 5 nitrogen and oxygen atoms in total. The van der Waals surface area contributed by atoms with Crippen LogP contribution in [0.2, 0.25) is 0 Å². The summed E-state index contributed by atoms with van der Waals surface area (Å²) in [7, 11) is 0. The van der Waals surface area contributed by atoms with Gasteiger partial charge in [0.25, 0.3) is 0 Å². The minimum Gasteiger partial charge on any atom is -0.352 e. The van der Waals surface area contributed by atoms with Crippen LogP contribution in [0.5, 0.6) is 0 Å². The number of hydrogen-bond acceptors (Lipinski definition) is 6. The second-order valence-electron chi connectivity index (χ2n) is 7.51. The number of carbonyl (C=O) groups is 1. The van der Waals surface area contributed by atoms with Crippen LogP contribution in [0.15, 0.2) is 28.6 Å². The first-order valence-corrected chi connectivity index (χ1v) is 11.3. The molecule has 0 saturated heterocycles. The van der Waals surface area contributed by atoms with Gasteiger partial charge in [0.15, 0.2) is 4.34 Å². The van der Waals surface area contributed by atoms with E-state index < -0.39 is 0 Å². The lowest BCUT2D eigenvalue weighted by Gasteiger charge is -2.35. The van der Waals surface area contributed by atoms with Gasteiger partial charge in [-0.3, -0.25) is 4.79 Å². The van der Waals surface area contributed by atoms with Gasteiger partial charge in [-0.05, 0) is 49.8 Å². The molecule has 0 bridgehead atoms. The smallest absolute Gasteiger partial charge is 0.233 e. The van der Waals surface area contributed by atoms with Gasteiger partial charge >= 0.3 is 0 Å². The summed E-state index contributed by atoms with van der Waals surface area (Å²) in [5, 5.41) is 15.5. The van der Waals surface area contributed by atoms with Crippen molar-refractivity contribution in [1.29, 1.82) is 0 Å². The zero-order chi connectivity index (χ0) is 19.4. The summed E-state index contributed by atoms with van der Waals surface area (Å²) in [6, 6.07) is 8.42. The van der Waals surface area contributed by atoms with Crippen molar-refractivity contribution in [3.63, 3.8) is 0 Å². The number of amides is 1. The van der Waals surface area contributed by atoms with Crippen molar-refractivity contribution in [3.8, 4) is 0 Å². The van der Waals surface area contributed by atoms with Crippen LogP contribution in [0.4, 0.5) is 10.8 Å². The fourth-order valence-corrected chi connectivity index (χ4v) is 5.37. The van der Waals surface area contributed by atoms with Gasteiger partial charge in [0.1, 0.15) is 0 Å². The molecule has 0 spiro atoms. The average molecular weight is 405 g/mol. The molecule has 1 aliphatic carbocycles. The topological polar surface area (TPSA) is 66.9 Å². The highest BCUT2D eigenvalue weighted by molar-refractivity contribution is 8.02. The van der Waals surface area contributed by atoms with Gasteiger partial charge < -0.3 is 10.6 Å². The van der Waals surface area contributed by atoms with E-state index in [2.05, 4.69) is 53.7 Å². The van der Waals surface area contributed by atoms with Crippen molar-refractivity contribution in [2.24, 2.45) is 11.8 Å². The van der Waals surface area contributed by atoms with Crippen LogP contribution in [-0.4, -0.2) is 27.4 Å². The van der Waals surface area contributed by atoms with Crippen LogP contribution in [0.25, 0.3) is 0 Å². The number of carbonyl (C=O) groups excluding carboxylic acids is 1. The molecule has 1 fully saturated rings. The molecule has 1 heterocycles. The third kappa shape index (κ3) is 5.45. The number of nitrogens with one attached hydrogen (secondary N) is 2. The number of anilines is 2. The van der Waals surface area contributed by atoms with E-state index in [-0.39, 0.29) is 17.2 Å². The molecule has 1 amide bonds. The number of thioether (sulfide) groups is 1. The molecule has 1 aromatic carbocycles. The summed E-state index contributed by atoms with van der Waals surface area (Å²) in [5.74, 6) is 1.30. The van der Waals surface area contributed by atoms with Crippen LogP contribution in [0.3, 0.4) is 0 Å². The van der Waals surface area contributed by atoms with E-state index in [0.717, 1.165) is 21.6 Å². The summed E-state index contributed by atoms with van der Waals surface area (Å²) in [5.41, 5.74) is 2.18. The number of aryl methyl sites for hydroxylation is 1. The predicted octanol–water partition coefficient (Wildman–Crippen LogP) is 5.01. The number of hydrogen-bond donors (Lipinski definition) is 2. The zero-order valence-corrected chi connectivity index (χ0v) is 18.0. The second kappa shape index (κ2) is 9.06. The number of benzene rings is 1. The molecular formula is C20H28N4OS2. The van der Waals surface area contributed by atoms with Crippen LogP contribution in [0, 0.1) is 18.8 Å². The molecule has 0 aliphatic heterocycles. The van der Waals surface area contributed by atoms with Gasteiger partial charge in [-0.1, -0.05) is 61.9 Å². The van der Waals surface area contributed by atoms with E-state index in [1.54, 1.807) is 0 Å². The Labute approximate surface area is 169 Å². The highest BCUT2D eigenvalue weighted by Crippen LogP contribution is 2.32. The SMILES string of the molecule is Cc1cccc(Nc2nnc(S[C@@H](C)C(=O)N[C@H]3CCC[C@H](C)[C@@H]3C)s2)c1. The summed E-state index contributed by atoms with van der Waals surface area (Å²) < 4.78 is 0.804. The normalized spacial score (nSPS) is 23.6. The lowest BCUT2D eigenvalue weighted by atomic mass is 9.78. The quantitative estimate of drug-likeness (QED) is 0.662. The maximum absolute atomic E-state index is 12.6. The van der Waals surface area contributed by atoms with Gasteiger partial charge in [-0.15, -0.1) is 10.2 Å². The fraction of sp³-hybridized carbons (Fsp3) is 0.550. The monoisotopic (exact) mass is 404 g/mol. The van der Waals surface area contributed by atoms with Crippen molar-refractivity contribution >= 4 is 39.8 Å². The molecule has 1 saturated carbocycles. The van der Waals surface area contributed by atoms with Crippen LogP contribution in [0.1, 0.15) is 45.6 Å². The first-order chi connectivity index (χ1) is 12.9. The van der Waals surface area contributed by atoms with Gasteiger partial charge in [0, 0.05) is 11.7 Å². The van der Waals surface area contributed by atoms with Crippen molar-refractivity contribution in [2.45, 2.75) is 62.6 Å². The summed E-state index contributed by atoms with van der Waals surface area (Å²) >= 11 is 2.95. The second-order valence-corrected chi connectivity index (χ2v) is 10.1. The van der Waals surface area contributed by atoms with Crippen LogP contribution < -0.4 is 10.6 Å². The van der Waals surface area contributed by atoms with Gasteiger partial charge in [-0.25, -0.2) is 0 Å². The standard InChI is InChI=1S/C20H28N4OS2/c1-12-7-5-9-16(11-12)21-19-23-24-20(27-19)26-15(4)18(25)22-17-10-6-8-13(2)14(17)3/h5,7,9,11,13-15,17H,6,8,10H2,1-4H3,(H,21,23)(H,22,25)/t13-,14-,15-,17-/m0/s1. The minimum absolute atomic E-state index is 0.0920. The van der Waals surface area contributed by atoms with Crippen LogP contribution in [-0.2, 0) is 4.79 Å². The Balaban J connectivity index is 1.54. The number of aromatic nitrogens is 2. The first kappa shape index (κ1) is 20.1. The molecule has 146 valence electrons. The number of rotatable bonds is 6. The molecule has 1 aromatic heterocycles. The van der Waals surface area contributed by atoms with Crippen molar-refractivity contribution < 1.29 is 4.79 Å². The Bertz CT molecular complexity index is 779. The molecule has 2 aromatic rings. The Hall–Kier alpha value is -1.60. The maximum atomic E-state index is 12.6. The van der Waals surface area contributed by atoms with E-state index >= 15 is 0 Å². The predicted molar refractivity (Wildman–Crippen MR) is 114 cm³/mol. The summed E-state index contributed by atoms with van der Waals surface area (Å²) in [6.45, 7) is 8.53. The fourth-order valence-electron chi connectivity index (χ4n) is 3.44. The Morgan fingerprint density at radius 3 is 2.89 bits per heavy atom. The highest BCUT2D eigenvalue weighted by Gasteiger charge is 2.29. The van der Waals surface area contributed by atoms with Crippen molar-refractivity contribution in [3.05, 3.63) is 29.8 Å². The molecule has 0 unspecified atom stereocenters. The largest absolute Gasteiger partial charge is 0.352 e. The van der Waals surface area contributed by atoms with Gasteiger partial charge in [0.2, 0.25) is 11.0 Å². The Morgan fingerprint density at radius 2 is 2.11 bits per heavy atom. The number of nitrogens with zero attached hydrogens (tertiary/aromatic N) is 2.